The Morgan fingerprint density at radius 2 is 2.32 bits per heavy atom. The summed E-state index contributed by atoms with van der Waals surface area (Å²) in [5.41, 5.74) is 0. The zero-order valence-electron chi connectivity index (χ0n) is 11.2. The fourth-order valence-electron chi connectivity index (χ4n) is 2.10. The highest BCUT2D eigenvalue weighted by atomic mass is 35.5. The molecule has 0 saturated carbocycles. The van der Waals surface area contributed by atoms with Gasteiger partial charge >= 0.3 is 0 Å². The molecule has 19 heavy (non-hydrogen) atoms. The van der Waals surface area contributed by atoms with E-state index in [1.807, 2.05) is 20.2 Å². The van der Waals surface area contributed by atoms with E-state index < -0.39 is 0 Å². The van der Waals surface area contributed by atoms with Gasteiger partial charge in [-0.2, -0.15) is 0 Å². The Hall–Kier alpha value is -0.360. The van der Waals surface area contributed by atoms with E-state index >= 15 is 0 Å². The van der Waals surface area contributed by atoms with E-state index in [4.69, 9.17) is 0 Å². The number of nitrogens with zero attached hydrogens (tertiary/aromatic N) is 2. The van der Waals surface area contributed by atoms with Crippen LogP contribution in [-0.2, 0) is 11.3 Å². The highest BCUT2D eigenvalue weighted by Crippen LogP contribution is 2.15. The third-order valence-corrected chi connectivity index (χ3v) is 3.97. The second kappa shape index (κ2) is 8.74. The third kappa shape index (κ3) is 5.65. The minimum absolute atomic E-state index is 0. The predicted molar refractivity (Wildman–Crippen MR) is 83.5 cm³/mol. The highest BCUT2D eigenvalue weighted by Gasteiger charge is 2.20. The first-order valence-electron chi connectivity index (χ1n) is 6.04. The van der Waals surface area contributed by atoms with Crippen molar-refractivity contribution < 1.29 is 4.79 Å². The first-order chi connectivity index (χ1) is 8.15. The molecule has 1 N–H and O–H groups in total. The second-order valence-electron chi connectivity index (χ2n) is 4.59. The lowest BCUT2D eigenvalue weighted by atomic mass is 10.1. The Morgan fingerprint density at radius 3 is 2.84 bits per heavy atom. The molecule has 1 fully saturated rings. The van der Waals surface area contributed by atoms with Gasteiger partial charge in [0.25, 0.3) is 0 Å². The second-order valence-corrected chi connectivity index (χ2v) is 5.91. The maximum Gasteiger partial charge on any atom is 0.224 e. The summed E-state index contributed by atoms with van der Waals surface area (Å²) in [6.45, 7) is 3.71. The molecule has 4 nitrogen and oxygen atoms in total. The van der Waals surface area contributed by atoms with Crippen LogP contribution in [0.25, 0.3) is 0 Å². The lowest BCUT2D eigenvalue weighted by molar-refractivity contribution is -0.130. The molecule has 1 aromatic rings. The molecular weight excluding hydrogens is 305 g/mol. The van der Waals surface area contributed by atoms with Crippen LogP contribution in [0, 0.1) is 6.92 Å². The van der Waals surface area contributed by atoms with Gasteiger partial charge in [0, 0.05) is 30.6 Å². The van der Waals surface area contributed by atoms with E-state index in [0.29, 0.717) is 19.0 Å². The summed E-state index contributed by atoms with van der Waals surface area (Å²) in [5, 5.41) is 4.41. The molecule has 1 saturated heterocycles. The van der Waals surface area contributed by atoms with E-state index in [-0.39, 0.29) is 30.7 Å². The van der Waals surface area contributed by atoms with Crippen LogP contribution in [0.15, 0.2) is 6.20 Å². The molecule has 2 rings (SSSR count). The summed E-state index contributed by atoms with van der Waals surface area (Å²) in [6, 6.07) is 0.383. The third-order valence-electron chi connectivity index (χ3n) is 3.07. The topological polar surface area (TPSA) is 45.2 Å². The van der Waals surface area contributed by atoms with Gasteiger partial charge in [0.15, 0.2) is 0 Å². The van der Waals surface area contributed by atoms with Gasteiger partial charge in [0.1, 0.15) is 0 Å². The van der Waals surface area contributed by atoms with Crippen molar-refractivity contribution in [1.82, 2.24) is 15.2 Å². The first kappa shape index (κ1) is 18.6. The van der Waals surface area contributed by atoms with Crippen LogP contribution in [0.4, 0.5) is 0 Å². The van der Waals surface area contributed by atoms with Crippen molar-refractivity contribution in [3.8, 4) is 0 Å². The Labute approximate surface area is 130 Å². The number of halogens is 2. The average molecular weight is 326 g/mol. The molecule has 1 aliphatic rings. The Morgan fingerprint density at radius 1 is 1.58 bits per heavy atom. The van der Waals surface area contributed by atoms with Crippen LogP contribution in [0.2, 0.25) is 0 Å². The molecule has 7 heteroatoms. The highest BCUT2D eigenvalue weighted by molar-refractivity contribution is 7.11. The fraction of sp³-hybridized carbons (Fsp3) is 0.667. The lowest BCUT2D eigenvalue weighted by Gasteiger charge is -2.18. The number of nitrogens with one attached hydrogen (secondary N) is 1. The van der Waals surface area contributed by atoms with E-state index in [1.54, 1.807) is 16.2 Å². The largest absolute Gasteiger partial charge is 0.341 e. The van der Waals surface area contributed by atoms with Crippen LogP contribution in [-0.4, -0.2) is 35.4 Å². The molecule has 0 aliphatic carbocycles. The van der Waals surface area contributed by atoms with Crippen LogP contribution in [0.3, 0.4) is 0 Å². The zero-order valence-corrected chi connectivity index (χ0v) is 13.7. The number of hydrogen-bond donors (Lipinski definition) is 1. The molecule has 1 unspecified atom stereocenters. The van der Waals surface area contributed by atoms with Crippen LogP contribution >= 0.6 is 36.2 Å². The van der Waals surface area contributed by atoms with Gasteiger partial charge in [-0.1, -0.05) is 0 Å². The van der Waals surface area contributed by atoms with Crippen molar-refractivity contribution >= 4 is 42.1 Å². The molecule has 0 bridgehead atoms. The number of rotatable bonds is 4. The summed E-state index contributed by atoms with van der Waals surface area (Å²) in [6.07, 6.45) is 4.79. The van der Waals surface area contributed by atoms with Crippen LogP contribution in [0.1, 0.15) is 29.1 Å². The molecule has 1 aliphatic heterocycles. The number of amides is 1. The van der Waals surface area contributed by atoms with Gasteiger partial charge in [-0.15, -0.1) is 36.2 Å². The van der Waals surface area contributed by atoms with E-state index in [2.05, 4.69) is 10.3 Å². The van der Waals surface area contributed by atoms with Gasteiger partial charge in [0.05, 0.1) is 11.6 Å². The van der Waals surface area contributed by atoms with Crippen LogP contribution < -0.4 is 5.32 Å². The molecular formula is C12H21Cl2N3OS. The van der Waals surface area contributed by atoms with Crippen molar-refractivity contribution in [2.45, 2.75) is 38.8 Å². The predicted octanol–water partition coefficient (Wildman–Crippen LogP) is 2.40. The molecule has 0 aromatic carbocycles. The molecule has 2 heterocycles. The number of hydrogen-bond acceptors (Lipinski definition) is 4. The minimum Gasteiger partial charge on any atom is -0.341 e. The van der Waals surface area contributed by atoms with Crippen molar-refractivity contribution in [2.24, 2.45) is 0 Å². The molecule has 1 aromatic heterocycles. The maximum atomic E-state index is 12.0. The zero-order chi connectivity index (χ0) is 12.3. The molecule has 1 atom stereocenters. The average Bonchev–Trinajstić information content (AvgIpc) is 2.90. The monoisotopic (exact) mass is 325 g/mol. The summed E-state index contributed by atoms with van der Waals surface area (Å²) in [7, 11) is 1.87. The van der Waals surface area contributed by atoms with Gasteiger partial charge in [-0.05, 0) is 26.3 Å². The van der Waals surface area contributed by atoms with E-state index in [0.717, 1.165) is 22.9 Å². The number of carbonyl (C=O) groups is 1. The van der Waals surface area contributed by atoms with Gasteiger partial charge in [-0.25, -0.2) is 4.98 Å². The fourth-order valence-corrected chi connectivity index (χ4v) is 2.95. The number of aromatic nitrogens is 1. The number of carbonyl (C=O) groups excluding carboxylic acids is 1. The van der Waals surface area contributed by atoms with Crippen molar-refractivity contribution in [3.63, 3.8) is 0 Å². The Kier molecular flexibility index (Phi) is 8.57. The summed E-state index contributed by atoms with van der Waals surface area (Å²) in [4.78, 5) is 19.1. The van der Waals surface area contributed by atoms with Gasteiger partial charge in [0.2, 0.25) is 5.91 Å². The number of aryl methyl sites for hydroxylation is 1. The van der Waals surface area contributed by atoms with E-state index in [1.165, 1.54) is 6.42 Å². The van der Waals surface area contributed by atoms with Crippen molar-refractivity contribution in [2.75, 3.05) is 13.6 Å². The Balaban J connectivity index is 0.00000162. The van der Waals surface area contributed by atoms with E-state index in [9.17, 15) is 4.79 Å². The normalized spacial score (nSPS) is 17.5. The van der Waals surface area contributed by atoms with Crippen molar-refractivity contribution in [3.05, 3.63) is 16.1 Å². The Bertz CT molecular complexity index is 394. The molecule has 1 amide bonds. The first-order valence-corrected chi connectivity index (χ1v) is 6.85. The quantitative estimate of drug-likeness (QED) is 0.924. The molecule has 0 radical (unpaired) electrons. The number of thiazole rings is 1. The van der Waals surface area contributed by atoms with Crippen molar-refractivity contribution in [1.29, 1.82) is 0 Å². The summed E-state index contributed by atoms with van der Waals surface area (Å²) >= 11 is 1.66. The van der Waals surface area contributed by atoms with Crippen LogP contribution in [0.5, 0.6) is 0 Å². The summed E-state index contributed by atoms with van der Waals surface area (Å²) in [5.74, 6) is 0.218. The maximum absolute atomic E-state index is 12.0. The standard InChI is InChI=1S/C12H19N3OS.2ClH/c1-9-14-7-11(17-9)8-15(2)12(16)6-10-4-3-5-13-10;;/h7,10,13H,3-6,8H2,1-2H3;2*1H. The molecule has 110 valence electrons. The lowest BCUT2D eigenvalue weighted by Crippen LogP contribution is -2.32. The molecule has 0 spiro atoms. The minimum atomic E-state index is 0. The smallest absolute Gasteiger partial charge is 0.224 e. The van der Waals surface area contributed by atoms with Gasteiger partial charge in [-0.3, -0.25) is 4.79 Å². The van der Waals surface area contributed by atoms with Gasteiger partial charge < -0.3 is 10.2 Å². The SMILES string of the molecule is Cc1ncc(CN(C)C(=O)CC2CCCN2)s1.Cl.Cl. The summed E-state index contributed by atoms with van der Waals surface area (Å²) < 4.78 is 0.